The van der Waals surface area contributed by atoms with Gasteiger partial charge in [-0.05, 0) is 58.2 Å². The van der Waals surface area contributed by atoms with Crippen molar-refractivity contribution in [2.24, 2.45) is 5.92 Å². The Kier molecular flexibility index (Phi) is 6.14. The summed E-state index contributed by atoms with van der Waals surface area (Å²) in [6, 6.07) is 4.71. The fourth-order valence-corrected chi connectivity index (χ4v) is 5.14. The molecular weight excluding hydrogens is 380 g/mol. The van der Waals surface area contributed by atoms with Gasteiger partial charge in [0, 0.05) is 30.1 Å². The zero-order valence-corrected chi connectivity index (χ0v) is 17.8. The van der Waals surface area contributed by atoms with Crippen LogP contribution < -0.4 is 4.72 Å². The molecule has 2 saturated heterocycles. The van der Waals surface area contributed by atoms with Crippen molar-refractivity contribution in [3.05, 3.63) is 29.3 Å². The van der Waals surface area contributed by atoms with Gasteiger partial charge in [0.2, 0.25) is 10.0 Å². The number of ether oxygens (including phenoxy) is 2. The first-order valence-corrected chi connectivity index (χ1v) is 11.2. The lowest BCUT2D eigenvalue weighted by Gasteiger charge is -2.35. The van der Waals surface area contributed by atoms with Crippen LogP contribution in [0.15, 0.2) is 23.1 Å². The van der Waals surface area contributed by atoms with Crippen LogP contribution >= 0.6 is 0 Å². The maximum atomic E-state index is 13.2. The molecule has 7 nitrogen and oxygen atoms in total. The third-order valence-corrected chi connectivity index (χ3v) is 6.72. The van der Waals surface area contributed by atoms with E-state index in [0.29, 0.717) is 31.9 Å². The second-order valence-corrected chi connectivity index (χ2v) is 10.3. The van der Waals surface area contributed by atoms with Gasteiger partial charge in [-0.1, -0.05) is 6.07 Å². The van der Waals surface area contributed by atoms with E-state index in [0.717, 1.165) is 18.4 Å². The monoisotopic (exact) mass is 410 g/mol. The van der Waals surface area contributed by atoms with Gasteiger partial charge >= 0.3 is 0 Å². The number of rotatable bonds is 4. The summed E-state index contributed by atoms with van der Waals surface area (Å²) in [5, 5.41) is 0. The molecule has 1 unspecified atom stereocenters. The van der Waals surface area contributed by atoms with Gasteiger partial charge in [-0.2, -0.15) is 0 Å². The van der Waals surface area contributed by atoms with E-state index in [4.69, 9.17) is 9.47 Å². The molecule has 8 heteroatoms. The summed E-state index contributed by atoms with van der Waals surface area (Å²) in [6.07, 6.45) is 1.58. The van der Waals surface area contributed by atoms with Crippen molar-refractivity contribution in [1.29, 1.82) is 0 Å². The number of carbonyl (C=O) groups is 1. The molecule has 28 heavy (non-hydrogen) atoms. The lowest BCUT2D eigenvalue weighted by atomic mass is 9.96. The van der Waals surface area contributed by atoms with Crippen molar-refractivity contribution in [2.45, 2.75) is 57.3 Å². The Morgan fingerprint density at radius 3 is 2.54 bits per heavy atom. The van der Waals surface area contributed by atoms with Gasteiger partial charge in [-0.25, -0.2) is 13.1 Å². The molecule has 1 aromatic carbocycles. The average molecular weight is 411 g/mol. The Labute approximate surface area is 167 Å². The van der Waals surface area contributed by atoms with Crippen molar-refractivity contribution < 1.29 is 22.7 Å². The van der Waals surface area contributed by atoms with Crippen LogP contribution in [0, 0.1) is 12.8 Å². The fourth-order valence-electron chi connectivity index (χ4n) is 3.70. The van der Waals surface area contributed by atoms with Crippen LogP contribution in [0.4, 0.5) is 0 Å². The van der Waals surface area contributed by atoms with Gasteiger partial charge in [0.05, 0.1) is 18.1 Å². The predicted molar refractivity (Wildman–Crippen MR) is 106 cm³/mol. The van der Waals surface area contributed by atoms with E-state index in [2.05, 4.69) is 4.72 Å². The molecule has 1 atom stereocenters. The molecule has 0 spiro atoms. The minimum Gasteiger partial charge on any atom is -0.350 e. The zero-order valence-electron chi connectivity index (χ0n) is 17.0. The molecule has 1 N–H and O–H groups in total. The predicted octanol–water partition coefficient (Wildman–Crippen LogP) is 2.30. The van der Waals surface area contributed by atoms with Crippen LogP contribution in [-0.4, -0.2) is 57.4 Å². The van der Waals surface area contributed by atoms with E-state index in [1.165, 1.54) is 6.07 Å². The molecule has 2 fully saturated rings. The number of nitrogens with one attached hydrogen (secondary N) is 1. The highest BCUT2D eigenvalue weighted by atomic mass is 32.2. The Hall–Kier alpha value is -1.48. The minimum absolute atomic E-state index is 0.104. The van der Waals surface area contributed by atoms with Gasteiger partial charge in [0.15, 0.2) is 6.29 Å². The molecule has 2 aliphatic heterocycles. The van der Waals surface area contributed by atoms with E-state index in [9.17, 15) is 13.2 Å². The Bertz CT molecular complexity index is 825. The number of hydrogen-bond donors (Lipinski definition) is 1. The highest BCUT2D eigenvalue weighted by Gasteiger charge is 2.33. The third kappa shape index (κ3) is 4.92. The van der Waals surface area contributed by atoms with Crippen LogP contribution in [0.3, 0.4) is 0 Å². The molecule has 2 heterocycles. The fraction of sp³-hybridized carbons (Fsp3) is 0.650. The number of piperidine rings is 1. The number of nitrogens with zero attached hydrogens (tertiary/aromatic N) is 1. The van der Waals surface area contributed by atoms with E-state index in [-0.39, 0.29) is 23.0 Å². The van der Waals surface area contributed by atoms with Gasteiger partial charge in [-0.3, -0.25) is 4.79 Å². The van der Waals surface area contributed by atoms with Crippen LogP contribution in [0.1, 0.15) is 49.5 Å². The highest BCUT2D eigenvalue weighted by molar-refractivity contribution is 7.89. The van der Waals surface area contributed by atoms with Crippen molar-refractivity contribution in [2.75, 3.05) is 26.3 Å². The molecule has 0 aromatic heterocycles. The summed E-state index contributed by atoms with van der Waals surface area (Å²) in [4.78, 5) is 15.1. The standard InChI is InChI=1S/C20H30N2O5S/c1-14-7-8-16(28(24,25)21-20(2,3)4)12-17(14)18(23)22-9-5-6-15(13-22)19-26-10-11-27-19/h7-8,12,15,19,21H,5-6,9-11,13H2,1-4H3. The molecule has 2 aliphatic rings. The summed E-state index contributed by atoms with van der Waals surface area (Å²) in [5.74, 6) is 0.00276. The molecule has 0 bridgehead atoms. The van der Waals surface area contributed by atoms with Gasteiger partial charge < -0.3 is 14.4 Å². The number of likely N-dealkylation sites (tertiary alicyclic amines) is 1. The van der Waals surface area contributed by atoms with Crippen LogP contribution in [0.5, 0.6) is 0 Å². The van der Waals surface area contributed by atoms with E-state index < -0.39 is 15.6 Å². The van der Waals surface area contributed by atoms with Crippen molar-refractivity contribution in [3.8, 4) is 0 Å². The van der Waals surface area contributed by atoms with Gasteiger partial charge in [0.1, 0.15) is 0 Å². The molecule has 1 aromatic rings. The molecule has 1 amide bonds. The maximum Gasteiger partial charge on any atom is 0.254 e. The Morgan fingerprint density at radius 1 is 1.21 bits per heavy atom. The smallest absolute Gasteiger partial charge is 0.254 e. The number of amides is 1. The zero-order chi connectivity index (χ0) is 20.5. The maximum absolute atomic E-state index is 13.2. The summed E-state index contributed by atoms with van der Waals surface area (Å²) in [7, 11) is -3.71. The van der Waals surface area contributed by atoms with E-state index in [1.54, 1.807) is 37.8 Å². The largest absolute Gasteiger partial charge is 0.350 e. The first-order valence-electron chi connectivity index (χ1n) is 9.74. The quantitative estimate of drug-likeness (QED) is 0.823. The molecule has 156 valence electrons. The van der Waals surface area contributed by atoms with Crippen LogP contribution in [0.25, 0.3) is 0 Å². The number of hydrogen-bond acceptors (Lipinski definition) is 5. The minimum atomic E-state index is -3.71. The summed E-state index contributed by atoms with van der Waals surface area (Å²) in [5.41, 5.74) is 0.579. The van der Waals surface area contributed by atoms with Crippen LogP contribution in [-0.2, 0) is 19.5 Å². The Morgan fingerprint density at radius 2 is 1.89 bits per heavy atom. The van der Waals surface area contributed by atoms with Gasteiger partial charge in [0.25, 0.3) is 5.91 Å². The SMILES string of the molecule is Cc1ccc(S(=O)(=O)NC(C)(C)C)cc1C(=O)N1CCCC(C2OCCO2)C1. The summed E-state index contributed by atoms with van der Waals surface area (Å²) >= 11 is 0. The summed E-state index contributed by atoms with van der Waals surface area (Å²) in [6.45, 7) is 9.57. The number of carbonyl (C=O) groups excluding carboxylic acids is 1. The number of benzene rings is 1. The van der Waals surface area contributed by atoms with Gasteiger partial charge in [-0.15, -0.1) is 0 Å². The van der Waals surface area contributed by atoms with E-state index >= 15 is 0 Å². The molecule has 0 saturated carbocycles. The molecule has 3 rings (SSSR count). The lowest BCUT2D eigenvalue weighted by molar-refractivity contribution is -0.0969. The summed E-state index contributed by atoms with van der Waals surface area (Å²) < 4.78 is 39.2. The molecular formula is C20H30N2O5S. The average Bonchev–Trinajstić information content (AvgIpc) is 3.14. The van der Waals surface area contributed by atoms with Crippen molar-refractivity contribution >= 4 is 15.9 Å². The highest BCUT2D eigenvalue weighted by Crippen LogP contribution is 2.27. The first-order chi connectivity index (χ1) is 13.1. The molecule has 0 aliphatic carbocycles. The Balaban J connectivity index is 1.81. The number of sulfonamides is 1. The second-order valence-electron chi connectivity index (χ2n) is 8.60. The van der Waals surface area contributed by atoms with Crippen molar-refractivity contribution in [1.82, 2.24) is 9.62 Å². The second kappa shape index (κ2) is 8.10. The number of aryl methyl sites for hydroxylation is 1. The van der Waals surface area contributed by atoms with Crippen LogP contribution in [0.2, 0.25) is 0 Å². The lowest BCUT2D eigenvalue weighted by Crippen LogP contribution is -2.44. The molecule has 0 radical (unpaired) electrons. The first kappa shape index (κ1) is 21.2. The topological polar surface area (TPSA) is 84.9 Å². The van der Waals surface area contributed by atoms with Crippen molar-refractivity contribution in [3.63, 3.8) is 0 Å². The normalized spacial score (nSPS) is 21.9. The third-order valence-electron chi connectivity index (χ3n) is 4.97. The van der Waals surface area contributed by atoms with E-state index in [1.807, 2.05) is 6.92 Å².